The molecule has 1 aliphatic rings. The Labute approximate surface area is 146 Å². The number of aromatic nitrogens is 4. The zero-order valence-corrected chi connectivity index (χ0v) is 13.6. The van der Waals surface area contributed by atoms with E-state index in [0.717, 1.165) is 27.5 Å². The molecule has 2 N–H and O–H groups in total. The summed E-state index contributed by atoms with van der Waals surface area (Å²) in [6.45, 7) is -0.575. The Bertz CT molecular complexity index is 1120. The second-order valence-corrected chi connectivity index (χ2v) is 6.38. The Hall–Kier alpha value is -3.29. The maximum Gasteiger partial charge on any atom is 0.282 e. The largest absolute Gasteiger partial charge is 0.344 e. The summed E-state index contributed by atoms with van der Waals surface area (Å²) in [4.78, 5) is 10.2. The molecule has 0 radical (unpaired) electrons. The molecule has 1 aromatic carbocycles. The Morgan fingerprint density at radius 2 is 1.96 bits per heavy atom. The van der Waals surface area contributed by atoms with Crippen molar-refractivity contribution in [1.82, 2.24) is 20.2 Å². The lowest BCUT2D eigenvalue weighted by Crippen LogP contribution is -2.56. The second kappa shape index (κ2) is 5.35. The number of fused-ring (bicyclic) bond motifs is 2. The molecule has 1 saturated heterocycles. The normalized spacial score (nSPS) is 16.0. The number of hydrogen-bond donors (Lipinski definition) is 2. The topological polar surface area (TPSA) is 69.7 Å². The number of H-pyrrole nitrogens is 1. The van der Waals surface area contributed by atoms with E-state index in [4.69, 9.17) is 0 Å². The van der Waals surface area contributed by atoms with Gasteiger partial charge >= 0.3 is 0 Å². The first-order valence-corrected chi connectivity index (χ1v) is 8.17. The van der Waals surface area contributed by atoms with Crippen molar-refractivity contribution in [1.29, 1.82) is 0 Å². The molecule has 3 aromatic heterocycles. The number of nitrogens with zero attached hydrogens (tertiary/aromatic N) is 4. The number of aromatic amines is 1. The SMILES string of the molecule is FC1(F)CN(c2nccc3cc(Nc4n[nH]c5cccnc45)ccc23)C1. The molecule has 0 atom stereocenters. The molecule has 6 nitrogen and oxygen atoms in total. The van der Waals surface area contributed by atoms with Crippen LogP contribution in [0.15, 0.2) is 48.8 Å². The molecule has 0 amide bonds. The fourth-order valence-electron chi connectivity index (χ4n) is 3.23. The van der Waals surface area contributed by atoms with Crippen LogP contribution in [0.25, 0.3) is 21.8 Å². The minimum Gasteiger partial charge on any atom is -0.344 e. The van der Waals surface area contributed by atoms with Gasteiger partial charge < -0.3 is 10.2 Å². The van der Waals surface area contributed by atoms with Gasteiger partial charge in [0.2, 0.25) is 0 Å². The molecule has 26 heavy (non-hydrogen) atoms. The van der Waals surface area contributed by atoms with E-state index in [1.54, 1.807) is 17.3 Å². The number of rotatable bonds is 3. The van der Waals surface area contributed by atoms with Gasteiger partial charge in [0.1, 0.15) is 11.3 Å². The number of halogens is 2. The average Bonchev–Trinajstić information content (AvgIpc) is 3.02. The number of pyridine rings is 2. The van der Waals surface area contributed by atoms with Crippen LogP contribution in [0.3, 0.4) is 0 Å². The first-order valence-electron chi connectivity index (χ1n) is 8.17. The molecule has 0 bridgehead atoms. The monoisotopic (exact) mass is 352 g/mol. The molecule has 5 rings (SSSR count). The van der Waals surface area contributed by atoms with Gasteiger partial charge in [-0.15, -0.1) is 0 Å². The minimum absolute atomic E-state index is 0.288. The minimum atomic E-state index is -2.63. The summed E-state index contributed by atoms with van der Waals surface area (Å²) in [5, 5.41) is 12.2. The summed E-state index contributed by atoms with van der Waals surface area (Å²) in [5.41, 5.74) is 2.44. The van der Waals surface area contributed by atoms with Crippen molar-refractivity contribution >= 4 is 39.1 Å². The van der Waals surface area contributed by atoms with Gasteiger partial charge in [-0.1, -0.05) is 0 Å². The summed E-state index contributed by atoms with van der Waals surface area (Å²) in [5.74, 6) is -1.40. The van der Waals surface area contributed by atoms with Crippen molar-refractivity contribution in [3.05, 3.63) is 48.8 Å². The van der Waals surface area contributed by atoms with Gasteiger partial charge in [0.15, 0.2) is 5.82 Å². The number of alkyl halides is 2. The van der Waals surface area contributed by atoms with Crippen LogP contribution in [-0.4, -0.2) is 39.2 Å². The van der Waals surface area contributed by atoms with Gasteiger partial charge in [0, 0.05) is 23.5 Å². The van der Waals surface area contributed by atoms with E-state index >= 15 is 0 Å². The summed E-state index contributed by atoms with van der Waals surface area (Å²) in [6.07, 6.45) is 3.35. The third-order valence-electron chi connectivity index (χ3n) is 4.47. The molecule has 0 unspecified atom stereocenters. The third-order valence-corrected chi connectivity index (χ3v) is 4.47. The molecule has 1 aliphatic heterocycles. The van der Waals surface area contributed by atoms with E-state index < -0.39 is 5.92 Å². The third kappa shape index (κ3) is 2.42. The van der Waals surface area contributed by atoms with E-state index in [2.05, 4.69) is 25.5 Å². The van der Waals surface area contributed by atoms with Crippen molar-refractivity contribution in [2.75, 3.05) is 23.3 Å². The predicted molar refractivity (Wildman–Crippen MR) is 96.1 cm³/mol. The van der Waals surface area contributed by atoms with Gasteiger partial charge in [-0.05, 0) is 41.8 Å². The zero-order valence-electron chi connectivity index (χ0n) is 13.6. The lowest BCUT2D eigenvalue weighted by Gasteiger charge is -2.40. The summed E-state index contributed by atoms with van der Waals surface area (Å²) >= 11 is 0. The lowest BCUT2D eigenvalue weighted by molar-refractivity contribution is -0.0265. The predicted octanol–water partition coefficient (Wildman–Crippen LogP) is 3.71. The lowest BCUT2D eigenvalue weighted by atomic mass is 10.1. The maximum absolute atomic E-state index is 13.2. The number of anilines is 3. The molecule has 8 heteroatoms. The van der Waals surface area contributed by atoms with Crippen molar-refractivity contribution in [2.24, 2.45) is 0 Å². The van der Waals surface area contributed by atoms with Crippen molar-refractivity contribution < 1.29 is 8.78 Å². The Morgan fingerprint density at radius 1 is 1.08 bits per heavy atom. The molecule has 4 aromatic rings. The number of benzene rings is 1. The van der Waals surface area contributed by atoms with Crippen molar-refractivity contribution in [2.45, 2.75) is 5.92 Å². The van der Waals surface area contributed by atoms with Crippen LogP contribution in [0.2, 0.25) is 0 Å². The smallest absolute Gasteiger partial charge is 0.282 e. The van der Waals surface area contributed by atoms with Crippen LogP contribution < -0.4 is 10.2 Å². The van der Waals surface area contributed by atoms with Crippen LogP contribution in [-0.2, 0) is 0 Å². The summed E-state index contributed by atoms with van der Waals surface area (Å²) in [6, 6.07) is 11.3. The van der Waals surface area contributed by atoms with Crippen LogP contribution in [0.5, 0.6) is 0 Å². The van der Waals surface area contributed by atoms with Gasteiger partial charge in [-0.25, -0.2) is 13.8 Å². The highest BCUT2D eigenvalue weighted by Gasteiger charge is 2.44. The van der Waals surface area contributed by atoms with Crippen LogP contribution in [0, 0.1) is 0 Å². The van der Waals surface area contributed by atoms with Crippen LogP contribution in [0.4, 0.5) is 26.1 Å². The van der Waals surface area contributed by atoms with E-state index in [1.807, 2.05) is 36.4 Å². The second-order valence-electron chi connectivity index (χ2n) is 6.38. The van der Waals surface area contributed by atoms with Crippen LogP contribution in [0.1, 0.15) is 0 Å². The fraction of sp³-hybridized carbons (Fsp3) is 0.167. The van der Waals surface area contributed by atoms with Crippen molar-refractivity contribution in [3.8, 4) is 0 Å². The van der Waals surface area contributed by atoms with Gasteiger partial charge in [-0.2, -0.15) is 5.10 Å². The molecule has 0 saturated carbocycles. The quantitative estimate of drug-likeness (QED) is 0.588. The Morgan fingerprint density at radius 3 is 2.81 bits per heavy atom. The standard InChI is InChI=1S/C18H14F2N6/c19-18(20)9-26(10-18)17-13-4-3-12(8-11(13)5-7-22-17)23-16-15-14(24-25-16)2-1-6-21-15/h1-8H,9-10H2,(H2,23,24,25). The molecule has 0 aliphatic carbocycles. The first kappa shape index (κ1) is 15.0. The fourth-order valence-corrected chi connectivity index (χ4v) is 3.23. The number of hydrogen-bond acceptors (Lipinski definition) is 5. The van der Waals surface area contributed by atoms with E-state index in [-0.39, 0.29) is 13.1 Å². The molecule has 0 spiro atoms. The van der Waals surface area contributed by atoms with Gasteiger partial charge in [0.05, 0.1) is 18.6 Å². The van der Waals surface area contributed by atoms with E-state index in [1.165, 1.54) is 0 Å². The van der Waals surface area contributed by atoms with E-state index in [0.29, 0.717) is 11.6 Å². The highest BCUT2D eigenvalue weighted by atomic mass is 19.3. The van der Waals surface area contributed by atoms with Gasteiger partial charge in [0.25, 0.3) is 5.92 Å². The molecular formula is C18H14F2N6. The Balaban J connectivity index is 1.49. The Kier molecular flexibility index (Phi) is 3.09. The zero-order chi connectivity index (χ0) is 17.7. The highest BCUT2D eigenvalue weighted by Crippen LogP contribution is 2.35. The molecule has 4 heterocycles. The highest BCUT2D eigenvalue weighted by molar-refractivity contribution is 5.96. The van der Waals surface area contributed by atoms with Gasteiger partial charge in [-0.3, -0.25) is 10.1 Å². The average molecular weight is 352 g/mol. The first-order chi connectivity index (χ1) is 12.6. The summed E-state index contributed by atoms with van der Waals surface area (Å²) in [7, 11) is 0. The molecular weight excluding hydrogens is 338 g/mol. The van der Waals surface area contributed by atoms with Crippen LogP contribution >= 0.6 is 0 Å². The molecule has 130 valence electrons. The maximum atomic E-state index is 13.2. The van der Waals surface area contributed by atoms with E-state index in [9.17, 15) is 8.78 Å². The summed E-state index contributed by atoms with van der Waals surface area (Å²) < 4.78 is 26.4. The van der Waals surface area contributed by atoms with Crippen molar-refractivity contribution in [3.63, 3.8) is 0 Å². The number of nitrogens with one attached hydrogen (secondary N) is 2. The molecule has 1 fully saturated rings.